The van der Waals surface area contributed by atoms with Crippen LogP contribution in [-0.4, -0.2) is 42.5 Å². The minimum Gasteiger partial charge on any atom is -0.376 e. The Labute approximate surface area is 121 Å². The van der Waals surface area contributed by atoms with Crippen molar-refractivity contribution in [3.8, 4) is 0 Å². The fourth-order valence-electron chi connectivity index (χ4n) is 2.58. The largest absolute Gasteiger partial charge is 0.376 e. The van der Waals surface area contributed by atoms with Crippen LogP contribution < -0.4 is 10.6 Å². The van der Waals surface area contributed by atoms with Crippen molar-refractivity contribution in [2.75, 3.05) is 25.0 Å². The van der Waals surface area contributed by atoms with Crippen LogP contribution in [0.1, 0.15) is 26.7 Å². The molecule has 1 heterocycles. The van der Waals surface area contributed by atoms with Crippen molar-refractivity contribution in [1.29, 1.82) is 0 Å². The standard InChI is InChI=1S/C16H25N3O/c1-13(2)19-10-8-15(9-11-19)18-16(20)12-17-14-6-4-3-5-7-14/h3-7,13,15,17H,8-12H2,1-2H3,(H,18,20). The van der Waals surface area contributed by atoms with E-state index in [0.29, 0.717) is 18.6 Å². The van der Waals surface area contributed by atoms with E-state index in [9.17, 15) is 4.79 Å². The molecular weight excluding hydrogens is 250 g/mol. The van der Waals surface area contributed by atoms with Gasteiger partial charge in [0, 0.05) is 30.9 Å². The fourth-order valence-corrected chi connectivity index (χ4v) is 2.58. The van der Waals surface area contributed by atoms with Gasteiger partial charge < -0.3 is 15.5 Å². The van der Waals surface area contributed by atoms with Crippen molar-refractivity contribution >= 4 is 11.6 Å². The first-order valence-electron chi connectivity index (χ1n) is 7.47. The lowest BCUT2D eigenvalue weighted by Gasteiger charge is -2.34. The summed E-state index contributed by atoms with van der Waals surface area (Å²) in [5.41, 5.74) is 0.984. The summed E-state index contributed by atoms with van der Waals surface area (Å²) in [6, 6.07) is 10.8. The number of hydrogen-bond donors (Lipinski definition) is 2. The second-order valence-corrected chi connectivity index (χ2v) is 5.69. The molecule has 0 unspecified atom stereocenters. The molecule has 2 rings (SSSR count). The highest BCUT2D eigenvalue weighted by molar-refractivity contribution is 5.80. The summed E-state index contributed by atoms with van der Waals surface area (Å²) in [5, 5.41) is 6.26. The molecule has 1 saturated heterocycles. The molecule has 1 aromatic rings. The Morgan fingerprint density at radius 3 is 2.50 bits per heavy atom. The Morgan fingerprint density at radius 1 is 1.25 bits per heavy atom. The van der Waals surface area contributed by atoms with Gasteiger partial charge in [0.05, 0.1) is 6.54 Å². The lowest BCUT2D eigenvalue weighted by molar-refractivity contribution is -0.120. The highest BCUT2D eigenvalue weighted by Gasteiger charge is 2.21. The molecule has 20 heavy (non-hydrogen) atoms. The molecule has 0 aliphatic carbocycles. The molecule has 0 atom stereocenters. The lowest BCUT2D eigenvalue weighted by atomic mass is 10.0. The van der Waals surface area contributed by atoms with Crippen molar-refractivity contribution in [2.45, 2.75) is 38.8 Å². The molecule has 1 amide bonds. The number of piperidine rings is 1. The lowest BCUT2D eigenvalue weighted by Crippen LogP contribution is -2.47. The Hall–Kier alpha value is -1.55. The minimum atomic E-state index is 0.0804. The molecule has 4 heteroatoms. The molecule has 0 spiro atoms. The van der Waals surface area contributed by atoms with Gasteiger partial charge in [0.15, 0.2) is 0 Å². The summed E-state index contributed by atoms with van der Waals surface area (Å²) < 4.78 is 0. The third-order valence-corrected chi connectivity index (χ3v) is 3.85. The van der Waals surface area contributed by atoms with Crippen LogP contribution >= 0.6 is 0 Å². The van der Waals surface area contributed by atoms with E-state index in [2.05, 4.69) is 29.4 Å². The van der Waals surface area contributed by atoms with E-state index < -0.39 is 0 Å². The summed E-state index contributed by atoms with van der Waals surface area (Å²) in [6.07, 6.45) is 2.10. The third kappa shape index (κ3) is 4.53. The number of carbonyl (C=O) groups is 1. The monoisotopic (exact) mass is 275 g/mol. The van der Waals surface area contributed by atoms with Crippen molar-refractivity contribution in [3.63, 3.8) is 0 Å². The second-order valence-electron chi connectivity index (χ2n) is 5.69. The minimum absolute atomic E-state index is 0.0804. The summed E-state index contributed by atoms with van der Waals surface area (Å²) in [4.78, 5) is 14.4. The van der Waals surface area contributed by atoms with E-state index in [1.165, 1.54) is 0 Å². The van der Waals surface area contributed by atoms with Crippen LogP contribution in [0.3, 0.4) is 0 Å². The van der Waals surface area contributed by atoms with Crippen molar-refractivity contribution in [1.82, 2.24) is 10.2 Å². The number of benzene rings is 1. The molecular formula is C16H25N3O. The van der Waals surface area contributed by atoms with Crippen LogP contribution in [0.25, 0.3) is 0 Å². The summed E-state index contributed by atoms with van der Waals surface area (Å²) in [7, 11) is 0. The van der Waals surface area contributed by atoms with Gasteiger partial charge in [-0.05, 0) is 38.8 Å². The van der Waals surface area contributed by atoms with Gasteiger partial charge >= 0.3 is 0 Å². The number of nitrogens with one attached hydrogen (secondary N) is 2. The Bertz CT molecular complexity index is 411. The first-order chi connectivity index (χ1) is 9.65. The number of para-hydroxylation sites is 1. The van der Waals surface area contributed by atoms with E-state index in [0.717, 1.165) is 31.6 Å². The van der Waals surface area contributed by atoms with Crippen LogP contribution in [0, 0.1) is 0 Å². The molecule has 0 radical (unpaired) electrons. The number of rotatable bonds is 5. The smallest absolute Gasteiger partial charge is 0.239 e. The molecule has 1 aromatic carbocycles. The number of carbonyl (C=O) groups excluding carboxylic acids is 1. The van der Waals surface area contributed by atoms with E-state index >= 15 is 0 Å². The average molecular weight is 275 g/mol. The van der Waals surface area contributed by atoms with Gasteiger partial charge in [-0.3, -0.25) is 4.79 Å². The predicted octanol–water partition coefficient (Wildman–Crippen LogP) is 2.09. The molecule has 110 valence electrons. The van der Waals surface area contributed by atoms with Crippen molar-refractivity contribution in [2.24, 2.45) is 0 Å². The van der Waals surface area contributed by atoms with Gasteiger partial charge in [0.1, 0.15) is 0 Å². The van der Waals surface area contributed by atoms with Crippen LogP contribution in [0.4, 0.5) is 5.69 Å². The zero-order chi connectivity index (χ0) is 14.4. The molecule has 0 saturated carbocycles. The van der Waals surface area contributed by atoms with Crippen molar-refractivity contribution in [3.05, 3.63) is 30.3 Å². The molecule has 2 N–H and O–H groups in total. The number of likely N-dealkylation sites (tertiary alicyclic amines) is 1. The van der Waals surface area contributed by atoms with E-state index in [1.807, 2.05) is 30.3 Å². The number of amides is 1. The van der Waals surface area contributed by atoms with Crippen molar-refractivity contribution < 1.29 is 4.79 Å². The number of hydrogen-bond acceptors (Lipinski definition) is 3. The van der Waals surface area contributed by atoms with E-state index in [1.54, 1.807) is 0 Å². The maximum Gasteiger partial charge on any atom is 0.239 e. The Kier molecular flexibility index (Phi) is 5.41. The molecule has 0 bridgehead atoms. The normalized spacial score (nSPS) is 17.1. The zero-order valence-electron chi connectivity index (χ0n) is 12.4. The number of anilines is 1. The molecule has 1 aliphatic heterocycles. The summed E-state index contributed by atoms with van der Waals surface area (Å²) in [6.45, 7) is 6.95. The predicted molar refractivity (Wildman–Crippen MR) is 82.8 cm³/mol. The SMILES string of the molecule is CC(C)N1CCC(NC(=O)CNc2ccccc2)CC1. The fraction of sp³-hybridized carbons (Fsp3) is 0.562. The van der Waals surface area contributed by atoms with Gasteiger partial charge in [-0.1, -0.05) is 18.2 Å². The molecule has 1 aliphatic rings. The third-order valence-electron chi connectivity index (χ3n) is 3.85. The maximum atomic E-state index is 11.9. The Morgan fingerprint density at radius 2 is 1.90 bits per heavy atom. The van der Waals surface area contributed by atoms with Crippen LogP contribution in [0.5, 0.6) is 0 Å². The molecule has 0 aromatic heterocycles. The van der Waals surface area contributed by atoms with Crippen LogP contribution in [-0.2, 0) is 4.79 Å². The Balaban J connectivity index is 1.68. The van der Waals surface area contributed by atoms with Gasteiger partial charge in [0.25, 0.3) is 0 Å². The van der Waals surface area contributed by atoms with E-state index in [4.69, 9.17) is 0 Å². The zero-order valence-corrected chi connectivity index (χ0v) is 12.4. The number of nitrogens with zero attached hydrogens (tertiary/aromatic N) is 1. The maximum absolute atomic E-state index is 11.9. The van der Waals surface area contributed by atoms with Gasteiger partial charge in [-0.15, -0.1) is 0 Å². The highest BCUT2D eigenvalue weighted by atomic mass is 16.1. The van der Waals surface area contributed by atoms with Crippen LogP contribution in [0.15, 0.2) is 30.3 Å². The first-order valence-corrected chi connectivity index (χ1v) is 7.47. The second kappa shape index (κ2) is 7.29. The van der Waals surface area contributed by atoms with Gasteiger partial charge in [-0.2, -0.15) is 0 Å². The quantitative estimate of drug-likeness (QED) is 0.865. The average Bonchev–Trinajstić information content (AvgIpc) is 2.47. The highest BCUT2D eigenvalue weighted by Crippen LogP contribution is 2.12. The van der Waals surface area contributed by atoms with Gasteiger partial charge in [-0.25, -0.2) is 0 Å². The van der Waals surface area contributed by atoms with Crippen LogP contribution in [0.2, 0.25) is 0 Å². The van der Waals surface area contributed by atoms with E-state index in [-0.39, 0.29) is 5.91 Å². The summed E-state index contributed by atoms with van der Waals surface area (Å²) >= 11 is 0. The molecule has 4 nitrogen and oxygen atoms in total. The first kappa shape index (κ1) is 14.9. The topological polar surface area (TPSA) is 44.4 Å². The summed E-state index contributed by atoms with van der Waals surface area (Å²) in [5.74, 6) is 0.0804. The van der Waals surface area contributed by atoms with Gasteiger partial charge in [0.2, 0.25) is 5.91 Å². The molecule has 1 fully saturated rings.